The highest BCUT2D eigenvalue weighted by Crippen LogP contribution is 2.28. The van der Waals surface area contributed by atoms with Crippen molar-refractivity contribution in [3.8, 4) is 17.6 Å². The zero-order chi connectivity index (χ0) is 26.7. The van der Waals surface area contributed by atoms with Crippen LogP contribution in [0.5, 0.6) is 11.5 Å². The van der Waals surface area contributed by atoms with Gasteiger partial charge in [-0.1, -0.05) is 48.0 Å². The number of sulfonamides is 1. The van der Waals surface area contributed by atoms with Gasteiger partial charge in [-0.3, -0.25) is 4.79 Å². The highest BCUT2D eigenvalue weighted by molar-refractivity contribution is 7.89. The lowest BCUT2D eigenvalue weighted by molar-refractivity contribution is -0.121. The number of nitriles is 1. The summed E-state index contributed by atoms with van der Waals surface area (Å²) in [6, 6.07) is 21.5. The predicted molar refractivity (Wildman–Crippen MR) is 140 cm³/mol. The second-order valence-electron chi connectivity index (χ2n) is 7.98. The fraction of sp³-hybridized carbons (Fsp3) is 0.222. The number of amides is 1. The molecule has 37 heavy (non-hydrogen) atoms. The molecule has 0 fully saturated rings. The Morgan fingerprint density at radius 3 is 2.46 bits per heavy atom. The number of hydrogen-bond donors (Lipinski definition) is 2. The molecule has 0 spiro atoms. The van der Waals surface area contributed by atoms with Crippen LogP contribution in [0.2, 0.25) is 0 Å². The summed E-state index contributed by atoms with van der Waals surface area (Å²) in [6.07, 6.45) is 1.26. The van der Waals surface area contributed by atoms with Crippen LogP contribution >= 0.6 is 0 Å². The largest absolute Gasteiger partial charge is 0.490 e. The summed E-state index contributed by atoms with van der Waals surface area (Å²) < 4.78 is 39.5. The molecule has 1 amide bonds. The van der Waals surface area contributed by atoms with Crippen molar-refractivity contribution < 1.29 is 22.7 Å². The van der Waals surface area contributed by atoms with Crippen LogP contribution < -0.4 is 19.6 Å². The van der Waals surface area contributed by atoms with E-state index in [0.717, 1.165) is 5.56 Å². The molecule has 3 aromatic carbocycles. The Balaban J connectivity index is 1.71. The van der Waals surface area contributed by atoms with Crippen molar-refractivity contribution in [1.29, 1.82) is 5.26 Å². The highest BCUT2D eigenvalue weighted by Gasteiger charge is 2.23. The van der Waals surface area contributed by atoms with E-state index in [1.54, 1.807) is 54.6 Å². The summed E-state index contributed by atoms with van der Waals surface area (Å²) in [6.45, 7) is 3.99. The lowest BCUT2D eigenvalue weighted by atomic mass is 10.0. The average Bonchev–Trinajstić information content (AvgIpc) is 2.89. The smallest absolute Gasteiger partial charge is 0.242 e. The summed E-state index contributed by atoms with van der Waals surface area (Å²) in [7, 11) is -3.87. The summed E-state index contributed by atoms with van der Waals surface area (Å²) in [5.74, 6) is 0.398. The van der Waals surface area contributed by atoms with E-state index in [1.165, 1.54) is 18.3 Å². The number of ether oxygens (including phenoxy) is 2. The van der Waals surface area contributed by atoms with Gasteiger partial charge in [0.1, 0.15) is 6.07 Å². The van der Waals surface area contributed by atoms with Crippen LogP contribution in [0.25, 0.3) is 0 Å². The second kappa shape index (κ2) is 13.2. The van der Waals surface area contributed by atoms with E-state index in [2.05, 4.69) is 15.2 Å². The molecule has 9 nitrogen and oxygen atoms in total. The molecule has 0 heterocycles. The Labute approximate surface area is 216 Å². The van der Waals surface area contributed by atoms with E-state index in [0.29, 0.717) is 29.2 Å². The summed E-state index contributed by atoms with van der Waals surface area (Å²) >= 11 is 0. The number of rotatable bonds is 12. The Morgan fingerprint density at radius 1 is 1.05 bits per heavy atom. The van der Waals surface area contributed by atoms with Gasteiger partial charge in [0.25, 0.3) is 0 Å². The first-order chi connectivity index (χ1) is 17.8. The maximum Gasteiger partial charge on any atom is 0.242 e. The van der Waals surface area contributed by atoms with Crippen LogP contribution in [-0.4, -0.2) is 33.8 Å². The van der Waals surface area contributed by atoms with Crippen molar-refractivity contribution in [1.82, 2.24) is 10.1 Å². The molecule has 3 aromatic rings. The summed E-state index contributed by atoms with van der Waals surface area (Å²) in [4.78, 5) is 12.8. The standard InChI is InChI=1S/C27H28N4O5S/c1-3-35-26-17-21(11-14-25(26)36-16-15-28)19-29-30-27(32)18-24(22-7-5-4-6-8-22)31-37(33,34)23-12-9-20(2)10-13-23/h4-14,17,19,24,31H,3,16,18H2,1-2H3,(H,30,32)/b29-19-/t24-/m1/s1. The maximum atomic E-state index is 13.0. The first kappa shape index (κ1) is 27.4. The van der Waals surface area contributed by atoms with Gasteiger partial charge in [-0.15, -0.1) is 0 Å². The van der Waals surface area contributed by atoms with Gasteiger partial charge >= 0.3 is 0 Å². The summed E-state index contributed by atoms with van der Waals surface area (Å²) in [5, 5.41) is 12.7. The maximum absolute atomic E-state index is 13.0. The van der Waals surface area contributed by atoms with Crippen LogP contribution in [0.3, 0.4) is 0 Å². The molecular formula is C27H28N4O5S. The van der Waals surface area contributed by atoms with Crippen molar-refractivity contribution in [2.24, 2.45) is 5.10 Å². The highest BCUT2D eigenvalue weighted by atomic mass is 32.2. The van der Waals surface area contributed by atoms with Gasteiger partial charge < -0.3 is 9.47 Å². The van der Waals surface area contributed by atoms with Crippen molar-refractivity contribution in [2.75, 3.05) is 13.2 Å². The lowest BCUT2D eigenvalue weighted by Crippen LogP contribution is -2.32. The monoisotopic (exact) mass is 520 g/mol. The number of benzene rings is 3. The van der Waals surface area contributed by atoms with Gasteiger partial charge in [0.2, 0.25) is 15.9 Å². The second-order valence-corrected chi connectivity index (χ2v) is 9.69. The minimum Gasteiger partial charge on any atom is -0.490 e. The minimum atomic E-state index is -3.87. The van der Waals surface area contributed by atoms with Gasteiger partial charge in [-0.25, -0.2) is 18.6 Å². The average molecular weight is 521 g/mol. The van der Waals surface area contributed by atoms with Crippen LogP contribution in [0.4, 0.5) is 0 Å². The molecule has 192 valence electrons. The molecule has 3 rings (SSSR count). The van der Waals surface area contributed by atoms with Crippen LogP contribution in [-0.2, 0) is 14.8 Å². The first-order valence-corrected chi connectivity index (χ1v) is 13.0. The predicted octanol–water partition coefficient (Wildman–Crippen LogP) is 3.86. The molecule has 0 unspecified atom stereocenters. The molecule has 2 N–H and O–H groups in total. The van der Waals surface area contributed by atoms with E-state index < -0.39 is 22.0 Å². The molecule has 0 radical (unpaired) electrons. The molecule has 1 atom stereocenters. The number of aryl methyl sites for hydroxylation is 1. The third-order valence-corrected chi connectivity index (χ3v) is 6.67. The van der Waals surface area contributed by atoms with Crippen molar-refractivity contribution >= 4 is 22.1 Å². The first-order valence-electron chi connectivity index (χ1n) is 11.5. The van der Waals surface area contributed by atoms with Crippen molar-refractivity contribution in [3.05, 3.63) is 89.5 Å². The van der Waals surface area contributed by atoms with Crippen molar-refractivity contribution in [3.63, 3.8) is 0 Å². The van der Waals surface area contributed by atoms with Crippen molar-refractivity contribution in [2.45, 2.75) is 31.2 Å². The Hall–Kier alpha value is -4.20. The zero-order valence-corrected chi connectivity index (χ0v) is 21.4. The molecule has 0 saturated heterocycles. The normalized spacial score (nSPS) is 12.0. The fourth-order valence-corrected chi connectivity index (χ4v) is 4.62. The fourth-order valence-electron chi connectivity index (χ4n) is 3.40. The van der Waals surface area contributed by atoms with E-state index in [4.69, 9.17) is 14.7 Å². The van der Waals surface area contributed by atoms with Gasteiger partial charge in [0.15, 0.2) is 18.1 Å². The summed E-state index contributed by atoms with van der Waals surface area (Å²) in [5.41, 5.74) is 4.66. The molecule has 10 heteroatoms. The van der Waals surface area contributed by atoms with Crippen LogP contribution in [0.1, 0.15) is 36.1 Å². The van der Waals surface area contributed by atoms with Crippen LogP contribution in [0.15, 0.2) is 82.8 Å². The number of carbonyl (C=O) groups excluding carboxylic acids is 1. The molecule has 0 aliphatic carbocycles. The van der Waals surface area contributed by atoms with Gasteiger partial charge in [0, 0.05) is 6.42 Å². The molecule has 0 aliphatic heterocycles. The Bertz CT molecular complexity index is 1370. The minimum absolute atomic E-state index is 0.111. The SMILES string of the molecule is CCOc1cc(/C=N\NC(=O)C[C@@H](NS(=O)(=O)c2ccc(C)cc2)c2ccccc2)ccc1OCC#N. The zero-order valence-electron chi connectivity index (χ0n) is 20.5. The number of nitrogens with one attached hydrogen (secondary N) is 2. The Morgan fingerprint density at radius 2 is 1.78 bits per heavy atom. The quantitative estimate of drug-likeness (QED) is 0.276. The topological polar surface area (TPSA) is 130 Å². The molecule has 0 saturated carbocycles. The number of hydrogen-bond acceptors (Lipinski definition) is 7. The molecule has 0 aliphatic rings. The number of carbonyl (C=O) groups is 1. The third kappa shape index (κ3) is 8.17. The van der Waals surface area contributed by atoms with Crippen LogP contribution in [0, 0.1) is 18.3 Å². The van der Waals surface area contributed by atoms with Gasteiger partial charge in [-0.05, 0) is 55.3 Å². The molecule has 0 bridgehead atoms. The molecular weight excluding hydrogens is 492 g/mol. The van der Waals surface area contributed by atoms with Gasteiger partial charge in [0.05, 0.1) is 23.8 Å². The van der Waals surface area contributed by atoms with Gasteiger partial charge in [-0.2, -0.15) is 10.4 Å². The van der Waals surface area contributed by atoms with E-state index in [9.17, 15) is 13.2 Å². The van der Waals surface area contributed by atoms with E-state index in [-0.39, 0.29) is 17.9 Å². The number of nitrogens with zero attached hydrogens (tertiary/aromatic N) is 2. The molecule has 0 aromatic heterocycles. The van der Waals surface area contributed by atoms with E-state index in [1.807, 2.05) is 26.0 Å². The lowest BCUT2D eigenvalue weighted by Gasteiger charge is -2.18. The number of hydrazone groups is 1. The third-order valence-electron chi connectivity index (χ3n) is 5.18. The van der Waals surface area contributed by atoms with E-state index >= 15 is 0 Å². The Kier molecular flexibility index (Phi) is 9.77.